The quantitative estimate of drug-likeness (QED) is 0.838. The molecule has 1 atom stereocenters. The predicted molar refractivity (Wildman–Crippen MR) is 84.9 cm³/mol. The number of carbonyl (C=O) groups is 1. The summed E-state index contributed by atoms with van der Waals surface area (Å²) in [7, 11) is 0. The second-order valence-corrected chi connectivity index (χ2v) is 5.36. The largest absolute Gasteiger partial charge is 0.376 e. The van der Waals surface area contributed by atoms with Crippen LogP contribution in [0.5, 0.6) is 0 Å². The lowest BCUT2D eigenvalue weighted by atomic mass is 10.2. The first-order chi connectivity index (χ1) is 11.3. The number of rotatable bonds is 6. The summed E-state index contributed by atoms with van der Waals surface area (Å²) < 4.78 is 5.53. The highest BCUT2D eigenvalue weighted by Crippen LogP contribution is 2.12. The van der Waals surface area contributed by atoms with E-state index >= 15 is 0 Å². The Kier molecular flexibility index (Phi) is 5.10. The minimum Gasteiger partial charge on any atom is -0.376 e. The van der Waals surface area contributed by atoms with Gasteiger partial charge in [-0.1, -0.05) is 6.07 Å². The van der Waals surface area contributed by atoms with Crippen LogP contribution in [-0.2, 0) is 11.3 Å². The van der Waals surface area contributed by atoms with Crippen LogP contribution < -0.4 is 10.6 Å². The number of anilines is 1. The summed E-state index contributed by atoms with van der Waals surface area (Å²) in [5.41, 5.74) is 1.22. The summed E-state index contributed by atoms with van der Waals surface area (Å²) in [4.78, 5) is 16.0. The number of amides is 1. The highest BCUT2D eigenvalue weighted by molar-refractivity contribution is 5.92. The van der Waals surface area contributed by atoms with Crippen LogP contribution in [0.3, 0.4) is 0 Å². The van der Waals surface area contributed by atoms with E-state index in [2.05, 4.69) is 25.8 Å². The fraction of sp³-hybridized carbons (Fsp3) is 0.375. The van der Waals surface area contributed by atoms with Crippen molar-refractivity contribution in [2.24, 2.45) is 0 Å². The van der Waals surface area contributed by atoms with Crippen LogP contribution in [0, 0.1) is 0 Å². The molecule has 7 heteroatoms. The Labute approximate surface area is 134 Å². The van der Waals surface area contributed by atoms with Gasteiger partial charge in [0.15, 0.2) is 5.69 Å². The highest BCUT2D eigenvalue weighted by Gasteiger charge is 2.15. The molecule has 3 rings (SSSR count). The van der Waals surface area contributed by atoms with Gasteiger partial charge in [0.1, 0.15) is 5.82 Å². The molecule has 1 amide bonds. The maximum atomic E-state index is 12.0. The van der Waals surface area contributed by atoms with E-state index in [0.717, 1.165) is 25.0 Å². The average molecular weight is 313 g/mol. The summed E-state index contributed by atoms with van der Waals surface area (Å²) in [6, 6.07) is 7.14. The summed E-state index contributed by atoms with van der Waals surface area (Å²) >= 11 is 0. The summed E-state index contributed by atoms with van der Waals surface area (Å²) in [6.45, 7) is 1.95. The SMILES string of the molecule is O=C(NCc1cccnc1)c1ccc(NCC2CCCO2)nn1. The second-order valence-electron chi connectivity index (χ2n) is 5.36. The third kappa shape index (κ3) is 4.46. The number of carbonyl (C=O) groups excluding carboxylic acids is 1. The molecule has 0 radical (unpaired) electrons. The number of hydrogen-bond donors (Lipinski definition) is 2. The molecule has 120 valence electrons. The second kappa shape index (κ2) is 7.64. The molecule has 23 heavy (non-hydrogen) atoms. The first kappa shape index (κ1) is 15.4. The van der Waals surface area contributed by atoms with Crippen molar-refractivity contribution in [1.29, 1.82) is 0 Å². The molecule has 2 aromatic rings. The number of ether oxygens (including phenoxy) is 1. The summed E-state index contributed by atoms with van der Waals surface area (Å²) in [5, 5.41) is 13.9. The average Bonchev–Trinajstić information content (AvgIpc) is 3.13. The molecule has 0 aromatic carbocycles. The third-order valence-corrected chi connectivity index (χ3v) is 3.61. The topological polar surface area (TPSA) is 89.0 Å². The standard InChI is InChI=1S/C16H19N5O2/c22-16(19-10-12-3-1-7-17-9-12)14-5-6-15(21-20-14)18-11-13-4-2-8-23-13/h1,3,5-7,9,13H,2,4,8,10-11H2,(H,18,21)(H,19,22). The minimum absolute atomic E-state index is 0.235. The van der Waals surface area contributed by atoms with Gasteiger partial charge in [-0.15, -0.1) is 10.2 Å². The van der Waals surface area contributed by atoms with Gasteiger partial charge in [0.05, 0.1) is 6.10 Å². The Balaban J connectivity index is 1.48. The lowest BCUT2D eigenvalue weighted by Crippen LogP contribution is -2.24. The smallest absolute Gasteiger partial charge is 0.272 e. The van der Waals surface area contributed by atoms with Crippen LogP contribution >= 0.6 is 0 Å². The van der Waals surface area contributed by atoms with E-state index in [-0.39, 0.29) is 17.7 Å². The maximum absolute atomic E-state index is 12.0. The number of aromatic nitrogens is 3. The predicted octanol–water partition coefficient (Wildman–Crippen LogP) is 1.39. The number of hydrogen-bond acceptors (Lipinski definition) is 6. The van der Waals surface area contributed by atoms with Gasteiger partial charge in [0.2, 0.25) is 0 Å². The first-order valence-electron chi connectivity index (χ1n) is 7.67. The lowest BCUT2D eigenvalue weighted by Gasteiger charge is -2.10. The zero-order valence-electron chi connectivity index (χ0n) is 12.7. The molecule has 0 bridgehead atoms. The summed E-state index contributed by atoms with van der Waals surface area (Å²) in [6.07, 6.45) is 5.81. The Morgan fingerprint density at radius 3 is 2.96 bits per heavy atom. The zero-order chi connectivity index (χ0) is 15.9. The molecular weight excluding hydrogens is 294 g/mol. The van der Waals surface area contributed by atoms with Crippen LogP contribution in [-0.4, -0.2) is 40.3 Å². The molecule has 2 aromatic heterocycles. The third-order valence-electron chi connectivity index (χ3n) is 3.61. The fourth-order valence-corrected chi connectivity index (χ4v) is 2.35. The molecule has 0 saturated carbocycles. The van der Waals surface area contributed by atoms with Crippen molar-refractivity contribution >= 4 is 11.7 Å². The van der Waals surface area contributed by atoms with E-state index in [0.29, 0.717) is 18.9 Å². The molecule has 2 N–H and O–H groups in total. The van der Waals surface area contributed by atoms with Gasteiger partial charge < -0.3 is 15.4 Å². The zero-order valence-corrected chi connectivity index (χ0v) is 12.7. The van der Waals surface area contributed by atoms with Crippen LogP contribution in [0.15, 0.2) is 36.7 Å². The lowest BCUT2D eigenvalue weighted by molar-refractivity contribution is 0.0945. The number of nitrogens with zero attached hydrogens (tertiary/aromatic N) is 3. The Hall–Kier alpha value is -2.54. The molecule has 1 unspecified atom stereocenters. The molecule has 0 aliphatic carbocycles. The van der Waals surface area contributed by atoms with Crippen molar-refractivity contribution in [2.75, 3.05) is 18.5 Å². The Bertz CT molecular complexity index is 627. The van der Waals surface area contributed by atoms with Crippen molar-refractivity contribution in [2.45, 2.75) is 25.5 Å². The van der Waals surface area contributed by atoms with Gasteiger partial charge in [-0.3, -0.25) is 9.78 Å². The van der Waals surface area contributed by atoms with E-state index in [4.69, 9.17) is 4.74 Å². The normalized spacial score (nSPS) is 17.0. The van der Waals surface area contributed by atoms with E-state index < -0.39 is 0 Å². The van der Waals surface area contributed by atoms with E-state index in [9.17, 15) is 4.79 Å². The van der Waals surface area contributed by atoms with Crippen LogP contribution in [0.4, 0.5) is 5.82 Å². The van der Waals surface area contributed by atoms with Crippen LogP contribution in [0.1, 0.15) is 28.9 Å². The summed E-state index contributed by atoms with van der Waals surface area (Å²) in [5.74, 6) is 0.385. The van der Waals surface area contributed by atoms with Gasteiger partial charge in [-0.25, -0.2) is 0 Å². The van der Waals surface area contributed by atoms with Crippen LogP contribution in [0.25, 0.3) is 0 Å². The molecule has 7 nitrogen and oxygen atoms in total. The molecule has 3 heterocycles. The van der Waals surface area contributed by atoms with E-state index in [1.807, 2.05) is 12.1 Å². The molecule has 1 aliphatic rings. The van der Waals surface area contributed by atoms with Crippen molar-refractivity contribution < 1.29 is 9.53 Å². The van der Waals surface area contributed by atoms with Gasteiger partial charge in [-0.05, 0) is 36.6 Å². The Morgan fingerprint density at radius 1 is 1.30 bits per heavy atom. The monoisotopic (exact) mass is 313 g/mol. The first-order valence-corrected chi connectivity index (χ1v) is 7.67. The molecule has 1 aliphatic heterocycles. The van der Waals surface area contributed by atoms with Crippen molar-refractivity contribution in [3.05, 3.63) is 47.9 Å². The van der Waals surface area contributed by atoms with Gasteiger partial charge in [0.25, 0.3) is 5.91 Å². The van der Waals surface area contributed by atoms with Gasteiger partial charge in [0, 0.05) is 32.1 Å². The van der Waals surface area contributed by atoms with E-state index in [1.165, 1.54) is 0 Å². The highest BCUT2D eigenvalue weighted by atomic mass is 16.5. The molecular formula is C16H19N5O2. The van der Waals surface area contributed by atoms with Gasteiger partial charge >= 0.3 is 0 Å². The minimum atomic E-state index is -0.257. The Morgan fingerprint density at radius 2 is 2.26 bits per heavy atom. The maximum Gasteiger partial charge on any atom is 0.272 e. The fourth-order valence-electron chi connectivity index (χ4n) is 2.35. The molecule has 0 spiro atoms. The van der Waals surface area contributed by atoms with Crippen LogP contribution in [0.2, 0.25) is 0 Å². The van der Waals surface area contributed by atoms with Crippen molar-refractivity contribution in [3.63, 3.8) is 0 Å². The molecule has 1 fully saturated rings. The number of nitrogens with one attached hydrogen (secondary N) is 2. The van der Waals surface area contributed by atoms with E-state index in [1.54, 1.807) is 24.5 Å². The molecule has 1 saturated heterocycles. The van der Waals surface area contributed by atoms with Crippen molar-refractivity contribution in [3.8, 4) is 0 Å². The van der Waals surface area contributed by atoms with Crippen molar-refractivity contribution in [1.82, 2.24) is 20.5 Å². The number of pyridine rings is 1. The van der Waals surface area contributed by atoms with Gasteiger partial charge in [-0.2, -0.15) is 0 Å².